The second-order valence-corrected chi connectivity index (χ2v) is 19.0. The van der Waals surface area contributed by atoms with Gasteiger partial charge in [-0.3, -0.25) is 4.79 Å². The summed E-state index contributed by atoms with van der Waals surface area (Å²) in [4.78, 5) is 38.4. The number of carboxylic acids is 1. The molecule has 4 N–H and O–H groups in total. The van der Waals surface area contributed by atoms with E-state index in [0.29, 0.717) is 18.3 Å². The number of rotatable bonds is 7. The average molecular weight is 735 g/mol. The molecule has 0 unspecified atom stereocenters. The molecule has 0 aromatic carbocycles. The number of aliphatic hydroxyl groups excluding tert-OH is 3. The van der Waals surface area contributed by atoms with Crippen LogP contribution < -0.4 is 0 Å². The van der Waals surface area contributed by atoms with Crippen LogP contribution in [0.4, 0.5) is 4.79 Å². The Kier molecular flexibility index (Phi) is 10.2. The van der Waals surface area contributed by atoms with E-state index in [4.69, 9.17) is 23.7 Å². The Hall–Kier alpha value is -2.25. The highest BCUT2D eigenvalue weighted by atomic mass is 16.7. The van der Waals surface area contributed by atoms with E-state index >= 15 is 0 Å². The number of carboxylic acid groups (broad SMARTS) is 1. The second-order valence-electron chi connectivity index (χ2n) is 19.0. The van der Waals surface area contributed by atoms with Gasteiger partial charge in [0.05, 0.1) is 5.41 Å². The molecule has 1 heterocycles. The lowest BCUT2D eigenvalue weighted by Gasteiger charge is -2.71. The molecule has 52 heavy (non-hydrogen) atoms. The van der Waals surface area contributed by atoms with Gasteiger partial charge in [-0.05, 0) is 104 Å². The Morgan fingerprint density at radius 2 is 1.50 bits per heavy atom. The van der Waals surface area contributed by atoms with Gasteiger partial charge in [0.25, 0.3) is 0 Å². The number of carbonyl (C=O) groups excluding carboxylic acids is 2. The molecular formula is C40H62O12. The molecule has 5 aliphatic carbocycles. The number of esters is 1. The monoisotopic (exact) mass is 734 g/mol. The van der Waals surface area contributed by atoms with Crippen LogP contribution in [0.2, 0.25) is 0 Å². The van der Waals surface area contributed by atoms with Gasteiger partial charge in [0.1, 0.15) is 37.6 Å². The lowest BCUT2D eigenvalue weighted by Crippen LogP contribution is -2.65. The standard InChI is InChI=1S/C40H62O12/c1-35(2)15-17-40(33(45)46)18-16-38(6)22(23(40)21-35)9-10-25-37(5)13-12-26(36(3,4)24(37)11-14-39(25,38)7)51-34(47)50-20-19-49-31(44)30-28(42)27(41)29(43)32(48-8)52-30/h9,23-30,32,41-43H,10-21H2,1-8H3,(H,45,46)/t23-,24-,25+,26-,27-,28-,29+,30-,32-,37-,38+,39+,40-/m0/s1. The van der Waals surface area contributed by atoms with Crippen molar-refractivity contribution < 1.29 is 58.5 Å². The number of fused-ring (bicyclic) bond motifs is 7. The van der Waals surface area contributed by atoms with Crippen molar-refractivity contribution in [1.82, 2.24) is 0 Å². The predicted octanol–water partition coefficient (Wildman–Crippen LogP) is 5.39. The molecular weight excluding hydrogens is 672 g/mol. The number of hydrogen-bond acceptors (Lipinski definition) is 11. The third-order valence-corrected chi connectivity index (χ3v) is 15.8. The highest BCUT2D eigenvalue weighted by Gasteiger charge is 2.69. The molecule has 0 bridgehead atoms. The summed E-state index contributed by atoms with van der Waals surface area (Å²) in [6, 6.07) is 0. The van der Waals surface area contributed by atoms with E-state index < -0.39 is 54.2 Å². The van der Waals surface area contributed by atoms with Crippen LogP contribution in [0.1, 0.15) is 113 Å². The zero-order chi connectivity index (χ0) is 38.2. The van der Waals surface area contributed by atoms with Gasteiger partial charge in [-0.2, -0.15) is 0 Å². The molecule has 1 aliphatic heterocycles. The lowest BCUT2D eigenvalue weighted by atomic mass is 9.33. The minimum atomic E-state index is -1.73. The van der Waals surface area contributed by atoms with Crippen molar-refractivity contribution in [2.75, 3.05) is 20.3 Å². The van der Waals surface area contributed by atoms with Gasteiger partial charge in [0, 0.05) is 12.5 Å². The van der Waals surface area contributed by atoms with Gasteiger partial charge in [-0.25, -0.2) is 9.59 Å². The van der Waals surface area contributed by atoms with E-state index in [1.807, 2.05) is 0 Å². The van der Waals surface area contributed by atoms with Crippen molar-refractivity contribution in [3.63, 3.8) is 0 Å². The Bertz CT molecular complexity index is 1440. The number of aliphatic carboxylic acids is 1. The number of hydrogen-bond donors (Lipinski definition) is 4. The molecule has 0 spiro atoms. The summed E-state index contributed by atoms with van der Waals surface area (Å²) in [6.45, 7) is 15.8. The van der Waals surface area contributed by atoms with Crippen molar-refractivity contribution >= 4 is 18.1 Å². The minimum Gasteiger partial charge on any atom is -0.481 e. The number of allylic oxidation sites excluding steroid dienone is 2. The first kappa shape index (κ1) is 39.4. The second kappa shape index (κ2) is 13.5. The Balaban J connectivity index is 1.09. The highest BCUT2D eigenvalue weighted by molar-refractivity contribution is 5.77. The molecule has 294 valence electrons. The molecule has 6 rings (SSSR count). The van der Waals surface area contributed by atoms with Crippen molar-refractivity contribution in [1.29, 1.82) is 0 Å². The van der Waals surface area contributed by atoms with E-state index in [1.165, 1.54) is 12.7 Å². The van der Waals surface area contributed by atoms with E-state index in [-0.39, 0.29) is 52.3 Å². The third-order valence-electron chi connectivity index (χ3n) is 15.8. The minimum absolute atomic E-state index is 0.00385. The van der Waals surface area contributed by atoms with Crippen LogP contribution in [-0.4, -0.2) is 95.7 Å². The van der Waals surface area contributed by atoms with Crippen LogP contribution in [-0.2, 0) is 33.3 Å². The average Bonchev–Trinajstić information content (AvgIpc) is 3.07. The van der Waals surface area contributed by atoms with Crippen molar-refractivity contribution in [3.05, 3.63) is 11.6 Å². The maximum absolute atomic E-state index is 13.0. The van der Waals surface area contributed by atoms with E-state index in [2.05, 4.69) is 54.5 Å². The molecule has 0 radical (unpaired) electrons. The molecule has 4 saturated carbocycles. The summed E-state index contributed by atoms with van der Waals surface area (Å²) in [5.41, 5.74) is 0.500. The van der Waals surface area contributed by atoms with Crippen molar-refractivity contribution in [3.8, 4) is 0 Å². The molecule has 6 aliphatic rings. The number of ether oxygens (including phenoxy) is 5. The molecule has 0 aromatic heterocycles. The third kappa shape index (κ3) is 6.01. The van der Waals surface area contributed by atoms with Gasteiger partial charge in [-0.15, -0.1) is 0 Å². The Morgan fingerprint density at radius 3 is 2.17 bits per heavy atom. The first-order valence-electron chi connectivity index (χ1n) is 19.3. The highest BCUT2D eigenvalue weighted by Crippen LogP contribution is 2.75. The summed E-state index contributed by atoms with van der Waals surface area (Å²) in [6.07, 6.45) is 2.24. The Morgan fingerprint density at radius 1 is 0.827 bits per heavy atom. The summed E-state index contributed by atoms with van der Waals surface area (Å²) >= 11 is 0. The SMILES string of the molecule is CO[C@H]1O[C@H](C(=O)OCCOC(=O)O[C@H]2CC[C@]3(C)[C@H]4CC=C5[C@@H]6CC(C)(C)CC[C@]6(C(=O)O)CC[C@@]5(C)[C@]4(C)CC[C@H]3C2(C)C)[C@@H](O)[C@H](O)[C@H]1O. The van der Waals surface area contributed by atoms with Crippen LogP contribution in [0, 0.1) is 50.2 Å². The number of carbonyl (C=O) groups is 3. The van der Waals surface area contributed by atoms with Gasteiger partial charge in [0.2, 0.25) is 0 Å². The van der Waals surface area contributed by atoms with Gasteiger partial charge >= 0.3 is 18.1 Å². The van der Waals surface area contributed by atoms with E-state index in [9.17, 15) is 34.8 Å². The zero-order valence-electron chi connectivity index (χ0n) is 32.3. The van der Waals surface area contributed by atoms with Crippen LogP contribution in [0.5, 0.6) is 0 Å². The maximum Gasteiger partial charge on any atom is 0.508 e. The number of aliphatic hydroxyl groups is 3. The predicted molar refractivity (Wildman–Crippen MR) is 188 cm³/mol. The van der Waals surface area contributed by atoms with Crippen LogP contribution in [0.3, 0.4) is 0 Å². The fraction of sp³-hybridized carbons (Fsp3) is 0.875. The van der Waals surface area contributed by atoms with Gasteiger partial charge in [-0.1, -0.05) is 60.1 Å². The largest absolute Gasteiger partial charge is 0.508 e. The van der Waals surface area contributed by atoms with Gasteiger partial charge < -0.3 is 44.1 Å². The molecule has 12 nitrogen and oxygen atoms in total. The molecule has 12 heteroatoms. The summed E-state index contributed by atoms with van der Waals surface area (Å²) in [5, 5.41) is 40.8. The molecule has 0 aromatic rings. The first-order chi connectivity index (χ1) is 24.2. The van der Waals surface area contributed by atoms with Crippen LogP contribution in [0.25, 0.3) is 0 Å². The van der Waals surface area contributed by atoms with Crippen molar-refractivity contribution in [2.24, 2.45) is 50.2 Å². The fourth-order valence-electron chi connectivity index (χ4n) is 12.6. The van der Waals surface area contributed by atoms with Crippen molar-refractivity contribution in [2.45, 2.75) is 149 Å². The molecule has 1 saturated heterocycles. The Labute approximate surface area is 307 Å². The maximum atomic E-state index is 13.0. The summed E-state index contributed by atoms with van der Waals surface area (Å²) < 4.78 is 26.5. The van der Waals surface area contributed by atoms with Crippen LogP contribution in [0.15, 0.2) is 11.6 Å². The smallest absolute Gasteiger partial charge is 0.481 e. The van der Waals surface area contributed by atoms with Crippen LogP contribution >= 0.6 is 0 Å². The quantitative estimate of drug-likeness (QED) is 0.149. The summed E-state index contributed by atoms with van der Waals surface area (Å²) in [5.74, 6) is -0.826. The molecule has 5 fully saturated rings. The number of methoxy groups -OCH3 is 1. The fourth-order valence-corrected chi connectivity index (χ4v) is 12.6. The zero-order valence-corrected chi connectivity index (χ0v) is 32.3. The summed E-state index contributed by atoms with van der Waals surface area (Å²) in [7, 11) is 1.23. The topological polar surface area (TPSA) is 178 Å². The molecule has 13 atom stereocenters. The first-order valence-corrected chi connectivity index (χ1v) is 19.3. The normalized spacial score (nSPS) is 46.2. The lowest BCUT2D eigenvalue weighted by molar-refractivity contribution is -0.288. The molecule has 0 amide bonds. The van der Waals surface area contributed by atoms with E-state index in [1.54, 1.807) is 0 Å². The van der Waals surface area contributed by atoms with Gasteiger partial charge in [0.15, 0.2) is 12.4 Å². The van der Waals surface area contributed by atoms with E-state index in [0.717, 1.165) is 57.8 Å².